The zero-order valence-corrected chi connectivity index (χ0v) is 13.5. The van der Waals surface area contributed by atoms with Crippen LogP contribution in [0.5, 0.6) is 0 Å². The van der Waals surface area contributed by atoms with Gasteiger partial charge in [0.05, 0.1) is 5.25 Å². The van der Waals surface area contributed by atoms with Crippen molar-refractivity contribution in [3.63, 3.8) is 0 Å². The van der Waals surface area contributed by atoms with E-state index in [-0.39, 0.29) is 5.91 Å². The van der Waals surface area contributed by atoms with Crippen LogP contribution in [0.25, 0.3) is 0 Å². The maximum atomic E-state index is 11.7. The Kier molecular flexibility index (Phi) is 6.73. The van der Waals surface area contributed by atoms with E-state index in [4.69, 9.17) is 0 Å². The second-order valence-corrected chi connectivity index (χ2v) is 7.04. The Hall–Kier alpha value is -1.35. The molecular weight excluding hydrogens is 298 g/mol. The highest BCUT2D eigenvalue weighted by Gasteiger charge is 2.18. The second kappa shape index (κ2) is 8.05. The molecule has 0 radical (unpaired) electrons. The van der Waals surface area contributed by atoms with E-state index in [0.29, 0.717) is 10.3 Å². The number of anilines is 1. The van der Waals surface area contributed by atoms with Gasteiger partial charge >= 0.3 is 6.03 Å². The van der Waals surface area contributed by atoms with E-state index in [1.807, 2.05) is 0 Å². The Balaban J connectivity index is 2.47. The number of nitrogens with zero attached hydrogens (tertiary/aromatic N) is 2. The molecule has 1 rings (SSSR count). The lowest BCUT2D eigenvalue weighted by molar-refractivity contribution is -0.119. The van der Waals surface area contributed by atoms with Gasteiger partial charge in [-0.2, -0.15) is 0 Å². The molecule has 0 saturated heterocycles. The average Bonchev–Trinajstić information content (AvgIpc) is 2.83. The van der Waals surface area contributed by atoms with Gasteiger partial charge in [0, 0.05) is 13.6 Å². The van der Waals surface area contributed by atoms with Crippen molar-refractivity contribution in [3.8, 4) is 0 Å². The Morgan fingerprint density at radius 3 is 2.60 bits per heavy atom. The number of urea groups is 1. The van der Waals surface area contributed by atoms with Crippen LogP contribution in [-0.4, -0.2) is 41.0 Å². The molecule has 0 fully saturated rings. The van der Waals surface area contributed by atoms with Gasteiger partial charge in [-0.1, -0.05) is 36.9 Å². The molecular formula is C11H19N5O2S2. The molecule has 0 aliphatic carbocycles. The number of imide groups is 1. The van der Waals surface area contributed by atoms with Gasteiger partial charge in [-0.15, -0.1) is 10.2 Å². The summed E-state index contributed by atoms with van der Waals surface area (Å²) in [7, 11) is 1.46. The molecule has 20 heavy (non-hydrogen) atoms. The van der Waals surface area contributed by atoms with Crippen molar-refractivity contribution in [3.05, 3.63) is 0 Å². The Bertz CT molecular complexity index is 463. The predicted octanol–water partition coefficient (Wildman–Crippen LogP) is 1.54. The number of amides is 3. The van der Waals surface area contributed by atoms with E-state index in [9.17, 15) is 9.59 Å². The molecule has 0 bridgehead atoms. The zero-order valence-electron chi connectivity index (χ0n) is 11.9. The molecule has 3 N–H and O–H groups in total. The topological polar surface area (TPSA) is 96.0 Å². The minimum Gasteiger partial charge on any atom is -0.360 e. The predicted molar refractivity (Wildman–Crippen MR) is 81.2 cm³/mol. The SMILES string of the molecule is CNC(=O)NC(=O)[C@@H](C)Sc1nnc(NCC(C)C)s1. The maximum Gasteiger partial charge on any atom is 0.321 e. The largest absolute Gasteiger partial charge is 0.360 e. The number of aromatic nitrogens is 2. The number of rotatable bonds is 6. The smallest absolute Gasteiger partial charge is 0.321 e. The summed E-state index contributed by atoms with van der Waals surface area (Å²) in [5, 5.41) is 16.1. The number of hydrogen-bond donors (Lipinski definition) is 3. The molecule has 7 nitrogen and oxygen atoms in total. The molecule has 1 aromatic heterocycles. The Morgan fingerprint density at radius 2 is 2.00 bits per heavy atom. The monoisotopic (exact) mass is 317 g/mol. The van der Waals surface area contributed by atoms with Crippen LogP contribution in [0.3, 0.4) is 0 Å². The molecule has 0 aromatic carbocycles. The highest BCUT2D eigenvalue weighted by molar-refractivity contribution is 8.02. The lowest BCUT2D eigenvalue weighted by Crippen LogP contribution is -2.41. The fraction of sp³-hybridized carbons (Fsp3) is 0.636. The maximum absolute atomic E-state index is 11.7. The zero-order chi connectivity index (χ0) is 15.1. The minimum absolute atomic E-state index is 0.360. The second-order valence-electron chi connectivity index (χ2n) is 4.48. The van der Waals surface area contributed by atoms with Crippen LogP contribution in [0.4, 0.5) is 9.93 Å². The lowest BCUT2D eigenvalue weighted by Gasteiger charge is -2.08. The van der Waals surface area contributed by atoms with Crippen molar-refractivity contribution in [1.82, 2.24) is 20.8 Å². The van der Waals surface area contributed by atoms with Crippen molar-refractivity contribution in [2.75, 3.05) is 18.9 Å². The lowest BCUT2D eigenvalue weighted by atomic mass is 10.2. The third-order valence-electron chi connectivity index (χ3n) is 2.18. The summed E-state index contributed by atoms with van der Waals surface area (Å²) in [5.41, 5.74) is 0. The first-order chi connectivity index (χ1) is 9.42. The molecule has 9 heteroatoms. The molecule has 0 unspecified atom stereocenters. The first-order valence-corrected chi connectivity index (χ1v) is 7.88. The first kappa shape index (κ1) is 16.7. The molecule has 1 aromatic rings. The molecule has 1 heterocycles. The van der Waals surface area contributed by atoms with E-state index >= 15 is 0 Å². The van der Waals surface area contributed by atoms with Gasteiger partial charge in [-0.25, -0.2) is 4.79 Å². The highest BCUT2D eigenvalue weighted by atomic mass is 32.2. The molecule has 1 atom stereocenters. The van der Waals surface area contributed by atoms with Gasteiger partial charge in [-0.3, -0.25) is 10.1 Å². The molecule has 0 aliphatic heterocycles. The summed E-state index contributed by atoms with van der Waals surface area (Å²) < 4.78 is 0.691. The number of carbonyl (C=O) groups is 2. The first-order valence-electron chi connectivity index (χ1n) is 6.19. The van der Waals surface area contributed by atoms with Crippen molar-refractivity contribution < 1.29 is 9.59 Å². The van der Waals surface area contributed by atoms with Crippen LogP contribution in [-0.2, 0) is 4.79 Å². The third-order valence-corrected chi connectivity index (χ3v) is 4.24. The fourth-order valence-electron chi connectivity index (χ4n) is 1.10. The van der Waals surface area contributed by atoms with Crippen LogP contribution in [0, 0.1) is 5.92 Å². The average molecular weight is 317 g/mol. The number of thioether (sulfide) groups is 1. The number of carbonyl (C=O) groups excluding carboxylic acids is 2. The van der Waals surface area contributed by atoms with E-state index in [1.54, 1.807) is 6.92 Å². The van der Waals surface area contributed by atoms with Crippen molar-refractivity contribution in [2.45, 2.75) is 30.4 Å². The normalized spacial score (nSPS) is 12.1. The summed E-state index contributed by atoms with van der Waals surface area (Å²) in [6.07, 6.45) is 0. The van der Waals surface area contributed by atoms with Crippen LogP contribution in [0.2, 0.25) is 0 Å². The quantitative estimate of drug-likeness (QED) is 0.689. The van der Waals surface area contributed by atoms with Gasteiger partial charge in [0.25, 0.3) is 0 Å². The van der Waals surface area contributed by atoms with Gasteiger partial charge in [0.15, 0.2) is 4.34 Å². The minimum atomic E-state index is -0.515. The van der Waals surface area contributed by atoms with E-state index in [0.717, 1.165) is 11.7 Å². The van der Waals surface area contributed by atoms with Crippen molar-refractivity contribution in [1.29, 1.82) is 0 Å². The fourth-order valence-corrected chi connectivity index (χ4v) is 3.00. The number of hydrogen-bond acceptors (Lipinski definition) is 7. The molecule has 3 amide bonds. The molecule has 0 aliphatic rings. The van der Waals surface area contributed by atoms with Crippen LogP contribution in [0.15, 0.2) is 4.34 Å². The van der Waals surface area contributed by atoms with Gasteiger partial charge in [0.1, 0.15) is 0 Å². The standard InChI is InChI=1S/C11H19N5O2S2/c1-6(2)5-13-10-15-16-11(20-10)19-7(3)8(17)14-9(18)12-4/h6-7H,5H2,1-4H3,(H,13,15)(H2,12,14,17,18)/t7-/m1/s1. The van der Waals surface area contributed by atoms with Crippen LogP contribution >= 0.6 is 23.1 Å². The van der Waals surface area contributed by atoms with E-state index < -0.39 is 11.3 Å². The molecule has 0 spiro atoms. The van der Waals surface area contributed by atoms with Gasteiger partial charge in [-0.05, 0) is 12.8 Å². The summed E-state index contributed by atoms with van der Waals surface area (Å²) in [6.45, 7) is 6.75. The van der Waals surface area contributed by atoms with Gasteiger partial charge < -0.3 is 10.6 Å². The van der Waals surface area contributed by atoms with Crippen molar-refractivity contribution in [2.24, 2.45) is 5.92 Å². The number of nitrogens with one attached hydrogen (secondary N) is 3. The van der Waals surface area contributed by atoms with Crippen LogP contribution < -0.4 is 16.0 Å². The molecule has 0 saturated carbocycles. The van der Waals surface area contributed by atoms with Crippen molar-refractivity contribution >= 4 is 40.2 Å². The third kappa shape index (κ3) is 5.74. The Labute approximate surface area is 126 Å². The Morgan fingerprint density at radius 1 is 1.30 bits per heavy atom. The van der Waals surface area contributed by atoms with E-state index in [2.05, 4.69) is 40.0 Å². The summed E-state index contributed by atoms with van der Waals surface area (Å²) >= 11 is 2.67. The van der Waals surface area contributed by atoms with E-state index in [1.165, 1.54) is 30.1 Å². The molecule has 112 valence electrons. The highest BCUT2D eigenvalue weighted by Crippen LogP contribution is 2.28. The van der Waals surface area contributed by atoms with Gasteiger partial charge in [0.2, 0.25) is 11.0 Å². The summed E-state index contributed by atoms with van der Waals surface area (Å²) in [4.78, 5) is 22.7. The summed E-state index contributed by atoms with van der Waals surface area (Å²) in [6, 6.07) is -0.515. The van der Waals surface area contributed by atoms with Crippen LogP contribution in [0.1, 0.15) is 20.8 Å². The summed E-state index contributed by atoms with van der Waals surface area (Å²) in [5.74, 6) is 0.161.